The van der Waals surface area contributed by atoms with Crippen molar-refractivity contribution < 1.29 is 13.2 Å². The van der Waals surface area contributed by atoms with E-state index in [9.17, 15) is 13.2 Å². The van der Waals surface area contributed by atoms with Crippen molar-refractivity contribution in [3.05, 3.63) is 29.8 Å². The SMILES string of the molecule is C#CCNS(=O)(=O)c1ccc(C(=O)NCC(C(C)C)N2CCC(C)CC2)cc1. The Labute approximate surface area is 169 Å². The number of likely N-dealkylation sites (tertiary alicyclic amines) is 1. The van der Waals surface area contributed by atoms with Crippen molar-refractivity contribution in [2.24, 2.45) is 11.8 Å². The summed E-state index contributed by atoms with van der Waals surface area (Å²) in [5, 5.41) is 3.01. The van der Waals surface area contributed by atoms with Gasteiger partial charge in [0, 0.05) is 18.2 Å². The molecule has 0 aliphatic carbocycles. The average molecular weight is 406 g/mol. The van der Waals surface area contributed by atoms with E-state index in [0.29, 0.717) is 24.1 Å². The first-order valence-corrected chi connectivity index (χ1v) is 11.3. The molecule has 1 saturated heterocycles. The van der Waals surface area contributed by atoms with Crippen molar-refractivity contribution in [1.82, 2.24) is 14.9 Å². The van der Waals surface area contributed by atoms with Crippen LogP contribution in [0, 0.1) is 24.2 Å². The van der Waals surface area contributed by atoms with E-state index in [4.69, 9.17) is 6.42 Å². The molecular formula is C21H31N3O3S. The van der Waals surface area contributed by atoms with Crippen molar-refractivity contribution in [3.8, 4) is 12.3 Å². The molecule has 6 nitrogen and oxygen atoms in total. The van der Waals surface area contributed by atoms with Crippen LogP contribution < -0.4 is 10.0 Å². The van der Waals surface area contributed by atoms with Gasteiger partial charge in [-0.15, -0.1) is 6.42 Å². The highest BCUT2D eigenvalue weighted by Crippen LogP contribution is 2.21. The van der Waals surface area contributed by atoms with Gasteiger partial charge in [-0.3, -0.25) is 9.69 Å². The van der Waals surface area contributed by atoms with Crippen LogP contribution in [0.3, 0.4) is 0 Å². The second kappa shape index (κ2) is 10.1. The summed E-state index contributed by atoms with van der Waals surface area (Å²) < 4.78 is 26.4. The number of hydrogen-bond acceptors (Lipinski definition) is 4. The van der Waals surface area contributed by atoms with Crippen molar-refractivity contribution in [3.63, 3.8) is 0 Å². The first kappa shape index (κ1) is 22.4. The molecule has 1 aromatic carbocycles. The number of nitrogens with zero attached hydrogens (tertiary/aromatic N) is 1. The van der Waals surface area contributed by atoms with Crippen LogP contribution in [0.5, 0.6) is 0 Å². The predicted octanol–water partition coefficient (Wildman–Crippen LogP) is 2.08. The number of benzene rings is 1. The Morgan fingerprint density at radius 2 is 1.86 bits per heavy atom. The minimum absolute atomic E-state index is 0.0730. The number of rotatable bonds is 8. The van der Waals surface area contributed by atoms with Crippen molar-refractivity contribution >= 4 is 15.9 Å². The van der Waals surface area contributed by atoms with Gasteiger partial charge in [0.2, 0.25) is 10.0 Å². The maximum atomic E-state index is 12.5. The highest BCUT2D eigenvalue weighted by Gasteiger charge is 2.26. The Bertz CT molecular complexity index is 789. The number of sulfonamides is 1. The van der Waals surface area contributed by atoms with E-state index in [0.717, 1.165) is 19.0 Å². The summed E-state index contributed by atoms with van der Waals surface area (Å²) in [6.45, 7) is 9.28. The fourth-order valence-electron chi connectivity index (χ4n) is 3.45. The summed E-state index contributed by atoms with van der Waals surface area (Å²) in [5.74, 6) is 3.23. The fraction of sp³-hybridized carbons (Fsp3) is 0.571. The molecule has 1 amide bonds. The van der Waals surface area contributed by atoms with Gasteiger partial charge in [0.05, 0.1) is 11.4 Å². The van der Waals surface area contributed by atoms with Crippen LogP contribution in [-0.4, -0.2) is 51.4 Å². The highest BCUT2D eigenvalue weighted by atomic mass is 32.2. The molecule has 1 aliphatic rings. The van der Waals surface area contributed by atoms with Gasteiger partial charge in [-0.2, -0.15) is 4.72 Å². The lowest BCUT2D eigenvalue weighted by atomic mass is 9.94. The van der Waals surface area contributed by atoms with E-state index in [-0.39, 0.29) is 17.3 Å². The first-order chi connectivity index (χ1) is 13.2. The lowest BCUT2D eigenvalue weighted by Crippen LogP contribution is -2.49. The number of amides is 1. The second-order valence-electron chi connectivity index (χ2n) is 7.79. The summed E-state index contributed by atoms with van der Waals surface area (Å²) in [5.41, 5.74) is 0.436. The lowest BCUT2D eigenvalue weighted by molar-refractivity contribution is 0.0863. The summed E-state index contributed by atoms with van der Waals surface area (Å²) in [6, 6.07) is 6.17. The molecule has 0 bridgehead atoms. The van der Waals surface area contributed by atoms with Crippen molar-refractivity contribution in [1.29, 1.82) is 0 Å². The minimum Gasteiger partial charge on any atom is -0.350 e. The maximum absolute atomic E-state index is 12.5. The standard InChI is InChI=1S/C21H31N3O3S/c1-5-12-23-28(26,27)19-8-6-18(7-9-19)21(25)22-15-20(16(2)3)24-13-10-17(4)11-14-24/h1,6-9,16-17,20,23H,10-15H2,2-4H3,(H,22,25). The maximum Gasteiger partial charge on any atom is 0.251 e. The van der Waals surface area contributed by atoms with E-state index in [2.05, 4.69) is 41.6 Å². The third kappa shape index (κ3) is 6.06. The van der Waals surface area contributed by atoms with Gasteiger partial charge in [0.25, 0.3) is 5.91 Å². The number of hydrogen-bond donors (Lipinski definition) is 2. The Kier molecular flexibility index (Phi) is 8.05. The highest BCUT2D eigenvalue weighted by molar-refractivity contribution is 7.89. The Morgan fingerprint density at radius 3 is 2.39 bits per heavy atom. The Balaban J connectivity index is 1.97. The molecule has 2 rings (SSSR count). The third-order valence-corrected chi connectivity index (χ3v) is 6.74. The van der Waals surface area contributed by atoms with Crippen LogP contribution in [0.25, 0.3) is 0 Å². The zero-order valence-corrected chi connectivity index (χ0v) is 17.8. The topological polar surface area (TPSA) is 78.5 Å². The molecule has 1 aromatic rings. The second-order valence-corrected chi connectivity index (χ2v) is 9.56. The van der Waals surface area contributed by atoms with Crippen molar-refractivity contribution in [2.45, 2.75) is 44.6 Å². The van der Waals surface area contributed by atoms with Gasteiger partial charge in [-0.25, -0.2) is 8.42 Å². The Hall–Kier alpha value is -1.88. The van der Waals surface area contributed by atoms with Gasteiger partial charge >= 0.3 is 0 Å². The zero-order chi connectivity index (χ0) is 20.7. The molecule has 28 heavy (non-hydrogen) atoms. The molecule has 1 unspecified atom stereocenters. The number of carbonyl (C=O) groups is 1. The smallest absolute Gasteiger partial charge is 0.251 e. The third-order valence-electron chi connectivity index (χ3n) is 5.32. The van der Waals surface area contributed by atoms with E-state index in [1.165, 1.54) is 37.1 Å². The molecular weight excluding hydrogens is 374 g/mol. The summed E-state index contributed by atoms with van der Waals surface area (Å²) in [4.78, 5) is 15.1. The molecule has 1 fully saturated rings. The van der Waals surface area contributed by atoms with Crippen LogP contribution >= 0.6 is 0 Å². The number of carbonyl (C=O) groups excluding carboxylic acids is 1. The minimum atomic E-state index is -3.65. The normalized spacial score (nSPS) is 17.2. The lowest BCUT2D eigenvalue weighted by Gasteiger charge is -2.38. The van der Waals surface area contributed by atoms with Crippen molar-refractivity contribution in [2.75, 3.05) is 26.2 Å². The summed E-state index contributed by atoms with van der Waals surface area (Å²) >= 11 is 0. The molecule has 1 heterocycles. The average Bonchev–Trinajstić information content (AvgIpc) is 2.67. The van der Waals surface area contributed by atoms with Crippen LogP contribution in [0.15, 0.2) is 29.2 Å². The largest absolute Gasteiger partial charge is 0.350 e. The molecule has 1 aliphatic heterocycles. The number of nitrogens with one attached hydrogen (secondary N) is 2. The molecule has 0 aromatic heterocycles. The number of terminal acetylenes is 1. The molecule has 2 N–H and O–H groups in total. The van der Waals surface area contributed by atoms with Gasteiger partial charge < -0.3 is 5.32 Å². The van der Waals surface area contributed by atoms with E-state index >= 15 is 0 Å². The van der Waals surface area contributed by atoms with Crippen LogP contribution in [0.1, 0.15) is 44.0 Å². The van der Waals surface area contributed by atoms with E-state index < -0.39 is 10.0 Å². The molecule has 0 spiro atoms. The first-order valence-electron chi connectivity index (χ1n) is 9.80. The van der Waals surface area contributed by atoms with Gasteiger partial charge in [-0.1, -0.05) is 26.7 Å². The zero-order valence-electron chi connectivity index (χ0n) is 16.9. The fourth-order valence-corrected chi connectivity index (χ4v) is 4.39. The number of piperidine rings is 1. The summed E-state index contributed by atoms with van der Waals surface area (Å²) in [7, 11) is -3.65. The summed E-state index contributed by atoms with van der Waals surface area (Å²) in [6.07, 6.45) is 7.47. The van der Waals surface area contributed by atoms with Gasteiger partial charge in [0.15, 0.2) is 0 Å². The molecule has 154 valence electrons. The van der Waals surface area contributed by atoms with E-state index in [1.54, 1.807) is 0 Å². The molecule has 0 saturated carbocycles. The quantitative estimate of drug-likeness (QED) is 0.649. The van der Waals surface area contributed by atoms with Crippen LogP contribution in [-0.2, 0) is 10.0 Å². The van der Waals surface area contributed by atoms with E-state index in [1.807, 2.05) is 0 Å². The van der Waals surface area contributed by atoms with Crippen LogP contribution in [0.4, 0.5) is 0 Å². The molecule has 7 heteroatoms. The molecule has 0 radical (unpaired) electrons. The van der Waals surface area contributed by atoms with Gasteiger partial charge in [-0.05, 0) is 62.0 Å². The monoisotopic (exact) mass is 405 g/mol. The van der Waals surface area contributed by atoms with Gasteiger partial charge in [0.1, 0.15) is 0 Å². The van der Waals surface area contributed by atoms with Crippen LogP contribution in [0.2, 0.25) is 0 Å². The Morgan fingerprint density at radius 1 is 1.25 bits per heavy atom. The molecule has 1 atom stereocenters. The predicted molar refractivity (Wildman–Crippen MR) is 111 cm³/mol.